The largest absolute Gasteiger partial charge is 0.426 e. The Kier molecular flexibility index (Phi) is 7.29. The summed E-state index contributed by atoms with van der Waals surface area (Å²) in [6.07, 6.45) is 1.13. The van der Waals surface area contributed by atoms with Crippen molar-refractivity contribution < 1.29 is 19.1 Å². The minimum absolute atomic E-state index is 0.398. The van der Waals surface area contributed by atoms with Crippen LogP contribution in [0.1, 0.15) is 28.7 Å². The summed E-state index contributed by atoms with van der Waals surface area (Å²) in [5.41, 5.74) is 4.63. The molecule has 0 fully saturated rings. The first kappa shape index (κ1) is 22.0. The Hall–Kier alpha value is -4.18. The van der Waals surface area contributed by atoms with Gasteiger partial charge in [0.2, 0.25) is 0 Å². The highest BCUT2D eigenvalue weighted by molar-refractivity contribution is 5.93. The van der Waals surface area contributed by atoms with Crippen LogP contribution in [0.15, 0.2) is 109 Å². The van der Waals surface area contributed by atoms with Crippen molar-refractivity contribution in [2.75, 3.05) is 0 Å². The Bertz CT molecular complexity index is 1090. The van der Waals surface area contributed by atoms with Crippen LogP contribution in [-0.4, -0.2) is 11.9 Å². The van der Waals surface area contributed by atoms with E-state index in [1.165, 1.54) is 11.1 Å². The summed E-state index contributed by atoms with van der Waals surface area (Å²) in [5, 5.41) is 0. The standard InChI is InChI=1S/C29H24O4/c30-28(32-26-15-11-24(12-16-26)19-22-7-3-1-4-8-22)21-29(31)33-27-17-13-25(14-18-27)20-23-9-5-2-6-10-23/h1-18H,19-21H2. The number of hydrogen-bond acceptors (Lipinski definition) is 4. The molecule has 164 valence electrons. The summed E-state index contributed by atoms with van der Waals surface area (Å²) in [6.45, 7) is 0. The van der Waals surface area contributed by atoms with Crippen LogP contribution < -0.4 is 9.47 Å². The van der Waals surface area contributed by atoms with Gasteiger partial charge in [-0.3, -0.25) is 9.59 Å². The fraction of sp³-hybridized carbons (Fsp3) is 0.103. The zero-order valence-corrected chi connectivity index (χ0v) is 18.1. The molecular formula is C29H24O4. The molecule has 0 bridgehead atoms. The summed E-state index contributed by atoms with van der Waals surface area (Å²) in [4.78, 5) is 24.2. The normalized spacial score (nSPS) is 10.4. The van der Waals surface area contributed by atoms with Crippen LogP contribution in [0.5, 0.6) is 11.5 Å². The maximum atomic E-state index is 12.1. The molecule has 0 radical (unpaired) electrons. The molecule has 4 aromatic rings. The molecule has 0 unspecified atom stereocenters. The molecule has 4 rings (SSSR count). The lowest BCUT2D eigenvalue weighted by Crippen LogP contribution is -2.18. The fourth-order valence-corrected chi connectivity index (χ4v) is 3.47. The van der Waals surface area contributed by atoms with E-state index in [1.54, 1.807) is 24.3 Å². The van der Waals surface area contributed by atoms with Crippen LogP contribution in [0.4, 0.5) is 0 Å². The first-order chi connectivity index (χ1) is 16.1. The van der Waals surface area contributed by atoms with Gasteiger partial charge >= 0.3 is 11.9 Å². The fourth-order valence-electron chi connectivity index (χ4n) is 3.47. The molecule has 4 aromatic carbocycles. The van der Waals surface area contributed by atoms with Gasteiger partial charge in [-0.15, -0.1) is 0 Å². The van der Waals surface area contributed by atoms with Gasteiger partial charge in [-0.2, -0.15) is 0 Å². The third-order valence-electron chi connectivity index (χ3n) is 5.10. The lowest BCUT2D eigenvalue weighted by Gasteiger charge is -2.07. The lowest BCUT2D eigenvalue weighted by atomic mass is 10.1. The minimum Gasteiger partial charge on any atom is -0.426 e. The summed E-state index contributed by atoms with van der Waals surface area (Å²) >= 11 is 0. The topological polar surface area (TPSA) is 52.6 Å². The SMILES string of the molecule is O=C(CC(=O)Oc1ccc(Cc2ccccc2)cc1)Oc1ccc(Cc2ccccc2)cc1. The second-order valence-corrected chi connectivity index (χ2v) is 7.74. The Morgan fingerprint density at radius 3 is 1.15 bits per heavy atom. The number of benzene rings is 4. The van der Waals surface area contributed by atoms with Crippen molar-refractivity contribution in [3.8, 4) is 11.5 Å². The van der Waals surface area contributed by atoms with Crippen molar-refractivity contribution in [1.82, 2.24) is 0 Å². The summed E-state index contributed by atoms with van der Waals surface area (Å²) in [7, 11) is 0. The molecule has 0 heterocycles. The molecule has 33 heavy (non-hydrogen) atoms. The minimum atomic E-state index is -0.656. The zero-order valence-electron chi connectivity index (χ0n) is 18.1. The quantitative estimate of drug-likeness (QED) is 0.200. The van der Waals surface area contributed by atoms with E-state index < -0.39 is 18.4 Å². The predicted molar refractivity (Wildman–Crippen MR) is 127 cm³/mol. The third-order valence-corrected chi connectivity index (χ3v) is 5.10. The van der Waals surface area contributed by atoms with Gasteiger partial charge in [0.25, 0.3) is 0 Å². The first-order valence-electron chi connectivity index (χ1n) is 10.8. The van der Waals surface area contributed by atoms with Gasteiger partial charge in [0, 0.05) is 0 Å². The molecule has 0 aliphatic heterocycles. The molecule has 4 heteroatoms. The van der Waals surface area contributed by atoms with E-state index in [1.807, 2.05) is 60.7 Å². The average Bonchev–Trinajstić information content (AvgIpc) is 2.83. The van der Waals surface area contributed by atoms with Crippen molar-refractivity contribution in [2.45, 2.75) is 19.3 Å². The predicted octanol–water partition coefficient (Wildman–Crippen LogP) is 5.77. The average molecular weight is 437 g/mol. The van der Waals surface area contributed by atoms with Crippen molar-refractivity contribution in [3.05, 3.63) is 131 Å². The van der Waals surface area contributed by atoms with Crippen molar-refractivity contribution in [1.29, 1.82) is 0 Å². The van der Waals surface area contributed by atoms with E-state index in [4.69, 9.17) is 9.47 Å². The molecule has 0 saturated carbocycles. The molecule has 0 atom stereocenters. The van der Waals surface area contributed by atoms with Gasteiger partial charge in [-0.05, 0) is 59.4 Å². The molecule has 0 amide bonds. The number of carbonyl (C=O) groups is 2. The summed E-state index contributed by atoms with van der Waals surface area (Å²) in [6, 6.07) is 34.8. The maximum Gasteiger partial charge on any atom is 0.322 e. The third kappa shape index (κ3) is 6.91. The Morgan fingerprint density at radius 2 is 0.788 bits per heavy atom. The van der Waals surface area contributed by atoms with Crippen LogP contribution >= 0.6 is 0 Å². The second-order valence-electron chi connectivity index (χ2n) is 7.74. The summed E-state index contributed by atoms with van der Waals surface area (Å²) < 4.78 is 10.5. The highest BCUT2D eigenvalue weighted by Gasteiger charge is 2.14. The van der Waals surface area contributed by atoms with E-state index >= 15 is 0 Å². The number of hydrogen-bond donors (Lipinski definition) is 0. The number of carbonyl (C=O) groups excluding carboxylic acids is 2. The highest BCUT2D eigenvalue weighted by atomic mass is 16.6. The molecule has 0 N–H and O–H groups in total. The number of esters is 2. The second kappa shape index (κ2) is 10.9. The van der Waals surface area contributed by atoms with Crippen LogP contribution in [0.2, 0.25) is 0 Å². The summed E-state index contributed by atoms with van der Waals surface area (Å²) in [5.74, 6) is -0.516. The molecule has 0 aliphatic carbocycles. The van der Waals surface area contributed by atoms with E-state index in [2.05, 4.69) is 24.3 Å². The molecular weight excluding hydrogens is 412 g/mol. The van der Waals surface area contributed by atoms with E-state index in [0.29, 0.717) is 11.5 Å². The van der Waals surface area contributed by atoms with Crippen LogP contribution in [0.3, 0.4) is 0 Å². The molecule has 0 saturated heterocycles. The van der Waals surface area contributed by atoms with Crippen LogP contribution in [-0.2, 0) is 22.4 Å². The molecule has 4 nitrogen and oxygen atoms in total. The van der Waals surface area contributed by atoms with E-state index in [9.17, 15) is 9.59 Å². The van der Waals surface area contributed by atoms with Crippen LogP contribution in [0, 0.1) is 0 Å². The zero-order chi connectivity index (χ0) is 22.9. The van der Waals surface area contributed by atoms with Crippen molar-refractivity contribution >= 4 is 11.9 Å². The number of rotatable bonds is 8. The molecule has 0 aliphatic rings. The van der Waals surface area contributed by atoms with Crippen LogP contribution in [0.25, 0.3) is 0 Å². The lowest BCUT2D eigenvalue weighted by molar-refractivity contribution is -0.144. The molecule has 0 aromatic heterocycles. The van der Waals surface area contributed by atoms with Crippen molar-refractivity contribution in [2.24, 2.45) is 0 Å². The van der Waals surface area contributed by atoms with E-state index in [0.717, 1.165) is 24.0 Å². The Morgan fingerprint density at radius 1 is 0.455 bits per heavy atom. The van der Waals surface area contributed by atoms with E-state index in [-0.39, 0.29) is 0 Å². The highest BCUT2D eigenvalue weighted by Crippen LogP contribution is 2.18. The number of ether oxygens (including phenoxy) is 2. The molecule has 0 spiro atoms. The van der Waals surface area contributed by atoms with Gasteiger partial charge in [0.1, 0.15) is 17.9 Å². The Balaban J connectivity index is 1.24. The first-order valence-corrected chi connectivity index (χ1v) is 10.8. The Labute approximate surface area is 193 Å². The monoisotopic (exact) mass is 436 g/mol. The van der Waals surface area contributed by atoms with Gasteiger partial charge in [-0.1, -0.05) is 84.9 Å². The van der Waals surface area contributed by atoms with Gasteiger partial charge in [0.05, 0.1) is 0 Å². The maximum absolute atomic E-state index is 12.1. The smallest absolute Gasteiger partial charge is 0.322 e. The van der Waals surface area contributed by atoms with Gasteiger partial charge in [-0.25, -0.2) is 0 Å². The van der Waals surface area contributed by atoms with Gasteiger partial charge < -0.3 is 9.47 Å². The van der Waals surface area contributed by atoms with Gasteiger partial charge in [0.15, 0.2) is 0 Å². The van der Waals surface area contributed by atoms with Crippen molar-refractivity contribution in [3.63, 3.8) is 0 Å².